The van der Waals surface area contributed by atoms with Gasteiger partial charge in [-0.2, -0.15) is 0 Å². The molecule has 1 N–H and O–H groups in total. The normalized spacial score (nSPS) is 10.1. The number of nitro benzene ring substituents is 1. The van der Waals surface area contributed by atoms with Crippen molar-refractivity contribution in [2.24, 2.45) is 0 Å². The van der Waals surface area contributed by atoms with E-state index in [2.05, 4.69) is 5.32 Å². The first-order valence-electron chi connectivity index (χ1n) is 5.83. The molecule has 0 aromatic heterocycles. The van der Waals surface area contributed by atoms with Crippen LogP contribution in [-0.2, 0) is 6.54 Å². The van der Waals surface area contributed by atoms with Crippen molar-refractivity contribution < 1.29 is 9.72 Å². The van der Waals surface area contributed by atoms with Crippen LogP contribution in [-0.4, -0.2) is 10.8 Å². The number of nitro groups is 1. The molecule has 0 bridgehead atoms. The van der Waals surface area contributed by atoms with Crippen molar-refractivity contribution >= 4 is 23.2 Å². The maximum absolute atomic E-state index is 11.9. The van der Waals surface area contributed by atoms with E-state index in [0.717, 1.165) is 5.56 Å². The molecule has 1 amide bonds. The summed E-state index contributed by atoms with van der Waals surface area (Å²) in [7, 11) is 0. The maximum Gasteiger partial charge on any atom is 0.269 e. The minimum absolute atomic E-state index is 0.0424. The second kappa shape index (κ2) is 6.16. The summed E-state index contributed by atoms with van der Waals surface area (Å²) in [5, 5.41) is 13.9. The molecule has 0 aliphatic rings. The number of nitrogens with zero attached hydrogens (tertiary/aromatic N) is 1. The Hall–Kier alpha value is -2.40. The van der Waals surface area contributed by atoms with Crippen LogP contribution in [0.15, 0.2) is 48.5 Å². The number of hydrogen-bond donors (Lipinski definition) is 1. The summed E-state index contributed by atoms with van der Waals surface area (Å²) < 4.78 is 0. The first-order valence-corrected chi connectivity index (χ1v) is 6.21. The van der Waals surface area contributed by atoms with Gasteiger partial charge in [-0.05, 0) is 29.8 Å². The summed E-state index contributed by atoms with van der Waals surface area (Å²) in [6.07, 6.45) is 0. The Morgan fingerprint density at radius 1 is 1.10 bits per heavy atom. The Morgan fingerprint density at radius 3 is 2.25 bits per heavy atom. The average molecular weight is 291 g/mol. The summed E-state index contributed by atoms with van der Waals surface area (Å²) in [6, 6.07) is 12.6. The van der Waals surface area contributed by atoms with Crippen molar-refractivity contribution in [1.29, 1.82) is 0 Å². The van der Waals surface area contributed by atoms with Crippen LogP contribution >= 0.6 is 11.6 Å². The zero-order chi connectivity index (χ0) is 14.5. The monoisotopic (exact) mass is 290 g/mol. The van der Waals surface area contributed by atoms with E-state index < -0.39 is 4.92 Å². The van der Waals surface area contributed by atoms with Crippen LogP contribution in [0.1, 0.15) is 15.9 Å². The molecule has 0 spiro atoms. The molecule has 0 atom stereocenters. The molecule has 0 aliphatic heterocycles. The lowest BCUT2D eigenvalue weighted by Gasteiger charge is -2.05. The van der Waals surface area contributed by atoms with Crippen molar-refractivity contribution in [3.8, 4) is 0 Å². The van der Waals surface area contributed by atoms with Crippen LogP contribution < -0.4 is 5.32 Å². The number of amides is 1. The predicted octanol–water partition coefficient (Wildman–Crippen LogP) is 3.18. The minimum Gasteiger partial charge on any atom is -0.348 e. The van der Waals surface area contributed by atoms with E-state index in [-0.39, 0.29) is 11.6 Å². The Labute approximate surface area is 120 Å². The average Bonchev–Trinajstić information content (AvgIpc) is 2.46. The van der Waals surface area contributed by atoms with E-state index >= 15 is 0 Å². The largest absolute Gasteiger partial charge is 0.348 e. The molecule has 0 fully saturated rings. The number of carbonyl (C=O) groups is 1. The Morgan fingerprint density at radius 2 is 1.70 bits per heavy atom. The van der Waals surface area contributed by atoms with E-state index in [9.17, 15) is 14.9 Å². The van der Waals surface area contributed by atoms with E-state index in [1.165, 1.54) is 24.3 Å². The van der Waals surface area contributed by atoms with Gasteiger partial charge in [0.2, 0.25) is 0 Å². The Bertz CT molecular complexity index is 624. The molecule has 0 heterocycles. The fraction of sp³-hybridized carbons (Fsp3) is 0.0714. The molecular weight excluding hydrogens is 280 g/mol. The Balaban J connectivity index is 1.97. The summed E-state index contributed by atoms with van der Waals surface area (Å²) >= 11 is 5.77. The highest BCUT2D eigenvalue weighted by molar-refractivity contribution is 6.30. The van der Waals surface area contributed by atoms with Gasteiger partial charge in [0.15, 0.2) is 0 Å². The number of hydrogen-bond acceptors (Lipinski definition) is 3. The third kappa shape index (κ3) is 3.55. The van der Waals surface area contributed by atoms with Crippen molar-refractivity contribution in [2.45, 2.75) is 6.54 Å². The molecular formula is C14H11ClN2O3. The van der Waals surface area contributed by atoms with Crippen LogP contribution in [0.4, 0.5) is 5.69 Å². The molecule has 2 rings (SSSR count). The topological polar surface area (TPSA) is 72.2 Å². The number of nitrogens with one attached hydrogen (secondary N) is 1. The molecule has 20 heavy (non-hydrogen) atoms. The van der Waals surface area contributed by atoms with Gasteiger partial charge in [0, 0.05) is 29.3 Å². The van der Waals surface area contributed by atoms with Gasteiger partial charge in [0.05, 0.1) is 4.92 Å². The first-order chi connectivity index (χ1) is 9.56. The number of rotatable bonds is 4. The van der Waals surface area contributed by atoms with Gasteiger partial charge in [-0.15, -0.1) is 0 Å². The highest BCUT2D eigenvalue weighted by Crippen LogP contribution is 2.12. The molecule has 0 aliphatic carbocycles. The second-order valence-corrected chi connectivity index (χ2v) is 4.55. The quantitative estimate of drug-likeness (QED) is 0.694. The molecule has 6 heteroatoms. The second-order valence-electron chi connectivity index (χ2n) is 4.11. The van der Waals surface area contributed by atoms with Crippen molar-refractivity contribution in [3.05, 3.63) is 74.8 Å². The summed E-state index contributed by atoms with van der Waals surface area (Å²) in [5.41, 5.74) is 1.26. The van der Waals surface area contributed by atoms with Gasteiger partial charge in [-0.3, -0.25) is 14.9 Å². The molecule has 102 valence electrons. The highest BCUT2D eigenvalue weighted by atomic mass is 35.5. The standard InChI is InChI=1S/C14H11ClN2O3/c15-12-5-1-10(2-6-12)9-16-14(18)11-3-7-13(8-4-11)17(19)20/h1-8H,9H2,(H,16,18). The van der Waals surface area contributed by atoms with Crippen LogP contribution in [0.5, 0.6) is 0 Å². The third-order valence-corrected chi connectivity index (χ3v) is 2.96. The molecule has 0 saturated heterocycles. The minimum atomic E-state index is -0.505. The van der Waals surface area contributed by atoms with Gasteiger partial charge in [-0.1, -0.05) is 23.7 Å². The van der Waals surface area contributed by atoms with Crippen LogP contribution in [0.3, 0.4) is 0 Å². The molecule has 2 aromatic carbocycles. The zero-order valence-corrected chi connectivity index (χ0v) is 11.1. The summed E-state index contributed by atoms with van der Waals surface area (Å²) in [4.78, 5) is 21.9. The summed E-state index contributed by atoms with van der Waals surface area (Å²) in [6.45, 7) is 0.368. The van der Waals surface area contributed by atoms with Gasteiger partial charge in [0.1, 0.15) is 0 Å². The fourth-order valence-corrected chi connectivity index (χ4v) is 1.75. The molecule has 5 nitrogen and oxygen atoms in total. The zero-order valence-electron chi connectivity index (χ0n) is 10.4. The van der Waals surface area contributed by atoms with E-state index in [1.807, 2.05) is 12.1 Å². The first kappa shape index (κ1) is 14.0. The molecule has 0 radical (unpaired) electrons. The maximum atomic E-state index is 11.9. The lowest BCUT2D eigenvalue weighted by molar-refractivity contribution is -0.384. The fourth-order valence-electron chi connectivity index (χ4n) is 1.62. The van der Waals surface area contributed by atoms with Crippen LogP contribution in [0.25, 0.3) is 0 Å². The van der Waals surface area contributed by atoms with Crippen molar-refractivity contribution in [3.63, 3.8) is 0 Å². The van der Waals surface area contributed by atoms with E-state index in [1.54, 1.807) is 12.1 Å². The lowest BCUT2D eigenvalue weighted by atomic mass is 10.2. The SMILES string of the molecule is O=C(NCc1ccc(Cl)cc1)c1ccc([N+](=O)[O-])cc1. The van der Waals surface area contributed by atoms with E-state index in [4.69, 9.17) is 11.6 Å². The highest BCUT2D eigenvalue weighted by Gasteiger charge is 2.09. The van der Waals surface area contributed by atoms with Gasteiger partial charge < -0.3 is 5.32 Å². The van der Waals surface area contributed by atoms with E-state index in [0.29, 0.717) is 17.1 Å². The van der Waals surface area contributed by atoms with Crippen molar-refractivity contribution in [1.82, 2.24) is 5.32 Å². The number of non-ortho nitro benzene ring substituents is 1. The van der Waals surface area contributed by atoms with Crippen LogP contribution in [0, 0.1) is 10.1 Å². The predicted molar refractivity (Wildman–Crippen MR) is 75.7 cm³/mol. The number of halogens is 1. The van der Waals surface area contributed by atoms with Gasteiger partial charge >= 0.3 is 0 Å². The molecule has 0 saturated carbocycles. The molecule has 2 aromatic rings. The summed E-state index contributed by atoms with van der Waals surface area (Å²) in [5.74, 6) is -0.283. The number of benzene rings is 2. The lowest BCUT2D eigenvalue weighted by Crippen LogP contribution is -2.22. The smallest absolute Gasteiger partial charge is 0.269 e. The Kier molecular flexibility index (Phi) is 4.32. The van der Waals surface area contributed by atoms with Crippen LogP contribution in [0.2, 0.25) is 5.02 Å². The molecule has 0 unspecified atom stereocenters. The van der Waals surface area contributed by atoms with Gasteiger partial charge in [0.25, 0.3) is 11.6 Å². The third-order valence-electron chi connectivity index (χ3n) is 2.71. The van der Waals surface area contributed by atoms with Gasteiger partial charge in [-0.25, -0.2) is 0 Å². The van der Waals surface area contributed by atoms with Crippen molar-refractivity contribution in [2.75, 3.05) is 0 Å². The number of carbonyl (C=O) groups excluding carboxylic acids is 1.